The number of amides is 1. The highest BCUT2D eigenvalue weighted by molar-refractivity contribution is 7.99. The van der Waals surface area contributed by atoms with Gasteiger partial charge in [0.1, 0.15) is 5.75 Å². The van der Waals surface area contributed by atoms with Gasteiger partial charge >= 0.3 is 0 Å². The molecule has 0 aromatic heterocycles. The molecule has 7 nitrogen and oxygen atoms in total. The molecule has 0 saturated carbocycles. The van der Waals surface area contributed by atoms with Crippen molar-refractivity contribution >= 4 is 29.3 Å². The zero-order valence-electron chi connectivity index (χ0n) is 16.1. The van der Waals surface area contributed by atoms with Crippen molar-refractivity contribution in [3.63, 3.8) is 0 Å². The zero-order valence-corrected chi connectivity index (χ0v) is 16.9. The van der Waals surface area contributed by atoms with Gasteiger partial charge in [-0.25, -0.2) is 0 Å². The third-order valence-corrected chi connectivity index (χ3v) is 5.59. The Morgan fingerprint density at radius 1 is 1.10 bits per heavy atom. The molecule has 0 spiro atoms. The van der Waals surface area contributed by atoms with E-state index in [2.05, 4.69) is 27.8 Å². The fourth-order valence-electron chi connectivity index (χ4n) is 3.01. The zero-order chi connectivity index (χ0) is 19.9. The maximum absolute atomic E-state index is 12.1. The summed E-state index contributed by atoms with van der Waals surface area (Å²) in [6, 6.07) is 16.0. The molecule has 152 valence electrons. The molecular formula is C21H24N4O3S. The molecule has 2 aromatic rings. The maximum Gasteiger partial charge on any atom is 0.260 e. The molecule has 8 heteroatoms. The second kappa shape index (κ2) is 9.67. The third kappa shape index (κ3) is 5.65. The predicted octanol–water partition coefficient (Wildman–Crippen LogP) is 2.45. The van der Waals surface area contributed by atoms with Crippen LogP contribution in [0, 0.1) is 0 Å². The summed E-state index contributed by atoms with van der Waals surface area (Å²) in [4.78, 5) is 20.5. The van der Waals surface area contributed by atoms with Crippen LogP contribution in [0.15, 0.2) is 63.3 Å². The smallest absolute Gasteiger partial charge is 0.260 e. The Morgan fingerprint density at radius 2 is 1.79 bits per heavy atom. The Labute approximate surface area is 174 Å². The Kier molecular flexibility index (Phi) is 6.53. The molecule has 0 radical (unpaired) electrons. The normalized spacial score (nSPS) is 16.1. The van der Waals surface area contributed by atoms with Gasteiger partial charge in [-0.3, -0.25) is 9.79 Å². The number of nitrogens with one attached hydrogen (secondary N) is 2. The summed E-state index contributed by atoms with van der Waals surface area (Å²) < 4.78 is 10.9. The number of anilines is 1. The number of carbonyl (C=O) groups excluding carboxylic acids is 1. The first-order valence-corrected chi connectivity index (χ1v) is 10.5. The van der Waals surface area contributed by atoms with E-state index in [-0.39, 0.29) is 12.5 Å². The Bertz CT molecular complexity index is 849. The number of benzene rings is 2. The van der Waals surface area contributed by atoms with E-state index in [9.17, 15) is 4.79 Å². The minimum Gasteiger partial charge on any atom is -0.484 e. The van der Waals surface area contributed by atoms with Crippen molar-refractivity contribution in [3.8, 4) is 5.75 Å². The molecule has 4 rings (SSSR count). The lowest BCUT2D eigenvalue weighted by molar-refractivity contribution is -0.137. The first-order chi connectivity index (χ1) is 14.3. The van der Waals surface area contributed by atoms with Crippen LogP contribution in [0.5, 0.6) is 5.75 Å². The fourth-order valence-corrected chi connectivity index (χ4v) is 3.83. The minimum atomic E-state index is -0.000724. The molecule has 0 unspecified atom stereocenters. The van der Waals surface area contributed by atoms with Crippen molar-refractivity contribution in [3.05, 3.63) is 48.5 Å². The van der Waals surface area contributed by atoms with Crippen molar-refractivity contribution < 1.29 is 14.3 Å². The summed E-state index contributed by atoms with van der Waals surface area (Å²) in [5.74, 6) is 1.52. The van der Waals surface area contributed by atoms with E-state index in [0.717, 1.165) is 34.5 Å². The molecule has 2 aliphatic heterocycles. The molecule has 0 atom stereocenters. The molecule has 2 aromatic carbocycles. The van der Waals surface area contributed by atoms with Crippen molar-refractivity contribution in [1.29, 1.82) is 0 Å². The molecule has 2 N–H and O–H groups in total. The molecule has 1 amide bonds. The highest BCUT2D eigenvalue weighted by Crippen LogP contribution is 2.29. The summed E-state index contributed by atoms with van der Waals surface area (Å²) in [5, 5.41) is 6.45. The fraction of sp³-hybridized carbons (Fsp3) is 0.333. The van der Waals surface area contributed by atoms with Gasteiger partial charge < -0.3 is 25.0 Å². The predicted molar refractivity (Wildman–Crippen MR) is 114 cm³/mol. The van der Waals surface area contributed by atoms with Crippen LogP contribution in [0.1, 0.15) is 0 Å². The van der Waals surface area contributed by atoms with Crippen LogP contribution in [-0.4, -0.2) is 62.8 Å². The van der Waals surface area contributed by atoms with Crippen LogP contribution in [0.2, 0.25) is 0 Å². The number of hydrogen-bond donors (Lipinski definition) is 2. The van der Waals surface area contributed by atoms with Gasteiger partial charge in [0.2, 0.25) is 0 Å². The lowest BCUT2D eigenvalue weighted by Gasteiger charge is -2.26. The van der Waals surface area contributed by atoms with Gasteiger partial charge in [0.05, 0.1) is 19.8 Å². The highest BCUT2D eigenvalue weighted by Gasteiger charge is 2.17. The number of morpholine rings is 1. The van der Waals surface area contributed by atoms with Crippen LogP contribution >= 0.6 is 11.8 Å². The van der Waals surface area contributed by atoms with Crippen molar-refractivity contribution in [2.45, 2.75) is 9.79 Å². The number of carbonyl (C=O) groups is 1. The quantitative estimate of drug-likeness (QED) is 0.759. The van der Waals surface area contributed by atoms with Crippen LogP contribution in [0.3, 0.4) is 0 Å². The van der Waals surface area contributed by atoms with Crippen molar-refractivity contribution in [2.75, 3.05) is 51.3 Å². The summed E-state index contributed by atoms with van der Waals surface area (Å²) in [5.41, 5.74) is 1.01. The molecule has 1 saturated heterocycles. The molecule has 29 heavy (non-hydrogen) atoms. The minimum absolute atomic E-state index is 0.000724. The van der Waals surface area contributed by atoms with E-state index < -0.39 is 0 Å². The number of aliphatic imine (C=N–C) groups is 1. The van der Waals surface area contributed by atoms with E-state index in [0.29, 0.717) is 32.1 Å². The first-order valence-electron chi connectivity index (χ1n) is 9.68. The summed E-state index contributed by atoms with van der Waals surface area (Å²) in [6.45, 7) is 4.23. The van der Waals surface area contributed by atoms with E-state index >= 15 is 0 Å². The van der Waals surface area contributed by atoms with E-state index in [1.807, 2.05) is 36.4 Å². The first kappa shape index (κ1) is 19.6. The van der Waals surface area contributed by atoms with E-state index in [1.54, 1.807) is 16.7 Å². The average Bonchev–Trinajstić information content (AvgIpc) is 3.28. The third-order valence-electron chi connectivity index (χ3n) is 4.58. The van der Waals surface area contributed by atoms with Gasteiger partial charge in [-0.15, -0.1) is 0 Å². The average molecular weight is 413 g/mol. The molecule has 0 aliphatic carbocycles. The van der Waals surface area contributed by atoms with Gasteiger partial charge in [-0.05, 0) is 48.5 Å². The van der Waals surface area contributed by atoms with E-state index in [1.165, 1.54) is 0 Å². The molecular weight excluding hydrogens is 388 g/mol. The lowest BCUT2D eigenvalue weighted by atomic mass is 10.3. The van der Waals surface area contributed by atoms with Gasteiger partial charge in [-0.1, -0.05) is 11.8 Å². The molecule has 0 bridgehead atoms. The van der Waals surface area contributed by atoms with Crippen LogP contribution in [-0.2, 0) is 9.53 Å². The summed E-state index contributed by atoms with van der Waals surface area (Å²) in [6.07, 6.45) is 0. The molecule has 2 heterocycles. The van der Waals surface area contributed by atoms with E-state index in [4.69, 9.17) is 9.47 Å². The maximum atomic E-state index is 12.1. The summed E-state index contributed by atoms with van der Waals surface area (Å²) >= 11 is 1.68. The largest absolute Gasteiger partial charge is 0.484 e. The van der Waals surface area contributed by atoms with Gasteiger partial charge in [-0.2, -0.15) is 0 Å². The van der Waals surface area contributed by atoms with Crippen LogP contribution in [0.25, 0.3) is 0 Å². The summed E-state index contributed by atoms with van der Waals surface area (Å²) in [7, 11) is 0. The number of guanidine groups is 1. The Morgan fingerprint density at radius 3 is 2.45 bits per heavy atom. The Balaban J connectivity index is 1.26. The van der Waals surface area contributed by atoms with Gasteiger partial charge in [0, 0.05) is 35.1 Å². The second-order valence-electron chi connectivity index (χ2n) is 6.66. The molecule has 1 fully saturated rings. The van der Waals surface area contributed by atoms with Crippen molar-refractivity contribution in [2.24, 2.45) is 4.99 Å². The topological polar surface area (TPSA) is 75.2 Å². The second-order valence-corrected chi connectivity index (χ2v) is 7.81. The van der Waals surface area contributed by atoms with Crippen LogP contribution in [0.4, 0.5) is 5.69 Å². The number of nitrogens with zero attached hydrogens (tertiary/aromatic N) is 2. The monoisotopic (exact) mass is 412 g/mol. The number of hydrogen-bond acceptors (Lipinski definition) is 7. The standard InChI is InChI=1S/C21H24N4O3S/c26-20(25-11-13-27-14-12-25)15-28-17-3-7-19(8-4-17)29-18-5-1-16(2-6-18)24-21-22-9-10-23-21/h1-8H,9-15H2,(H2,22,23,24). The number of rotatable bonds is 6. The van der Waals surface area contributed by atoms with Crippen LogP contribution < -0.4 is 15.4 Å². The number of ether oxygens (including phenoxy) is 2. The lowest BCUT2D eigenvalue weighted by Crippen LogP contribution is -2.42. The Hall–Kier alpha value is -2.71. The van der Waals surface area contributed by atoms with Gasteiger partial charge in [0.25, 0.3) is 5.91 Å². The SMILES string of the molecule is O=C(COc1ccc(Sc2ccc(NC3=NCCN3)cc2)cc1)N1CCOCC1. The highest BCUT2D eigenvalue weighted by atomic mass is 32.2. The van der Waals surface area contributed by atoms with Crippen molar-refractivity contribution in [1.82, 2.24) is 10.2 Å². The molecule has 2 aliphatic rings. The van der Waals surface area contributed by atoms with Gasteiger partial charge in [0.15, 0.2) is 12.6 Å².